The number of nitrogens with zero attached hydrogens (tertiary/aromatic N) is 19. The Morgan fingerprint density at radius 3 is 1.39 bits per heavy atom. The molecule has 9 aromatic rings. The molecule has 0 atom stereocenters. The van der Waals surface area contributed by atoms with Crippen LogP contribution in [0.5, 0.6) is 0 Å². The van der Waals surface area contributed by atoms with Gasteiger partial charge in [0.15, 0.2) is 23.2 Å². The second-order valence-corrected chi connectivity index (χ2v) is 20.0. The van der Waals surface area contributed by atoms with Crippen LogP contribution in [-0.2, 0) is 66.1 Å². The Kier molecular flexibility index (Phi) is 20.7. The van der Waals surface area contributed by atoms with Crippen molar-refractivity contribution in [1.82, 2.24) is 69.2 Å². The van der Waals surface area contributed by atoms with Crippen LogP contribution in [0.2, 0.25) is 5.15 Å². The topological polar surface area (TPSA) is 388 Å². The first-order chi connectivity index (χ1) is 44.2. The molecule has 36 heteroatoms. The highest BCUT2D eigenvalue weighted by atomic mass is 35.5. The van der Waals surface area contributed by atoms with Crippen LogP contribution in [0.1, 0.15) is 91.9 Å². The van der Waals surface area contributed by atoms with Crippen molar-refractivity contribution >= 4 is 69.8 Å². The Morgan fingerprint density at radius 1 is 0.576 bits per heavy atom. The van der Waals surface area contributed by atoms with E-state index in [-0.39, 0.29) is 59.5 Å². The molecule has 3 aliphatic heterocycles. The van der Waals surface area contributed by atoms with E-state index in [1.165, 1.54) is 30.6 Å². The number of rotatable bonds is 15. The number of carbonyl (C=O) groups is 4. The van der Waals surface area contributed by atoms with Gasteiger partial charge in [-0.05, 0) is 68.8 Å². The molecule has 0 unspecified atom stereocenters. The molecule has 8 aromatic heterocycles. The summed E-state index contributed by atoms with van der Waals surface area (Å²) in [6, 6.07) is 20.7. The third-order valence-electron chi connectivity index (χ3n) is 13.6. The van der Waals surface area contributed by atoms with Crippen LogP contribution in [0, 0.1) is 20.2 Å². The molecule has 0 fully saturated rings. The summed E-state index contributed by atoms with van der Waals surface area (Å²) in [7, 11) is 0. The van der Waals surface area contributed by atoms with Gasteiger partial charge < -0.3 is 52.8 Å². The number of aromatic nitrogens is 14. The Balaban J connectivity index is 0.000000159. The molecule has 32 nitrogen and oxygen atoms in total. The van der Waals surface area contributed by atoms with Gasteiger partial charge in [-0.15, -0.1) is 30.6 Å². The van der Waals surface area contributed by atoms with E-state index in [4.69, 9.17) is 36.0 Å². The number of anilines is 4. The standard InChI is InChI=1S/C25H21F3N6O4.C13H14N6O4.C13H16N6O2.C5H3ClN2O2/c1-2-37-24(36)22-32-31-19-14-33(10-11-34(19)22)18-9-8-15(13-29-18)12-17(35)20-21(25(26,27)28)30-23(38-20)16-6-4-3-5-7-16;1-2-23-13(20)12-16-15-11-8-17(5-6-18(11)12)10-4-3-9(7-14-10)19(21)22;1-2-21-13(20)12-17-16-11-8-18(5-6-19(11)12)10-4-3-9(14)7-15-10;6-5-2-1-4(3-7-5)8(9)10/h3-9,13H,2,10-12,14H2,1H3;3-4,7H,2,5-6,8H2,1H3;3-4,7H,2,5-6,8,14H2,1H3;1-3H. The summed E-state index contributed by atoms with van der Waals surface area (Å²) < 4.78 is 66.2. The predicted molar refractivity (Wildman–Crippen MR) is 316 cm³/mol. The van der Waals surface area contributed by atoms with E-state index in [1.807, 2.05) is 21.9 Å². The van der Waals surface area contributed by atoms with E-state index in [9.17, 15) is 52.6 Å². The molecule has 12 rings (SSSR count). The van der Waals surface area contributed by atoms with E-state index in [2.05, 4.69) is 60.4 Å². The maximum absolute atomic E-state index is 13.6. The number of nitrogen functional groups attached to an aromatic ring is 1. The van der Waals surface area contributed by atoms with Gasteiger partial charge in [0.1, 0.15) is 35.0 Å². The summed E-state index contributed by atoms with van der Waals surface area (Å²) in [6.45, 7) is 10.7. The van der Waals surface area contributed by atoms with Gasteiger partial charge in [-0.3, -0.25) is 25.0 Å². The van der Waals surface area contributed by atoms with E-state index >= 15 is 0 Å². The van der Waals surface area contributed by atoms with Gasteiger partial charge in [-0.1, -0.05) is 35.9 Å². The minimum Gasteiger partial charge on any atom is -0.460 e. The molecule has 0 bridgehead atoms. The van der Waals surface area contributed by atoms with Crippen molar-refractivity contribution in [1.29, 1.82) is 0 Å². The van der Waals surface area contributed by atoms with E-state index in [0.717, 1.165) is 17.8 Å². The summed E-state index contributed by atoms with van der Waals surface area (Å²) in [5.41, 5.74) is 5.54. The smallest absolute Gasteiger partial charge is 0.437 e. The second-order valence-electron chi connectivity index (χ2n) is 19.6. The summed E-state index contributed by atoms with van der Waals surface area (Å²) in [6.07, 6.45) is 0.181. The van der Waals surface area contributed by atoms with Crippen LogP contribution < -0.4 is 20.4 Å². The number of ether oxygens (including phenoxy) is 3. The largest absolute Gasteiger partial charge is 0.460 e. The third kappa shape index (κ3) is 15.7. The van der Waals surface area contributed by atoms with Crippen molar-refractivity contribution in [2.45, 2.75) is 72.6 Å². The Bertz CT molecular complexity index is 4080. The monoisotopic (exact) mass is 1290 g/mol. The molecule has 92 heavy (non-hydrogen) atoms. The van der Waals surface area contributed by atoms with Crippen LogP contribution in [0.4, 0.5) is 47.7 Å². The van der Waals surface area contributed by atoms with E-state index < -0.39 is 51.2 Å². The zero-order valence-corrected chi connectivity index (χ0v) is 49.7. The number of nitro groups is 2. The highest BCUT2D eigenvalue weighted by molar-refractivity contribution is 6.29. The molecular weight excluding hydrogens is 1240 g/mol. The molecule has 1 aromatic carbocycles. The van der Waals surface area contributed by atoms with Crippen molar-refractivity contribution in [3.05, 3.63) is 181 Å². The molecule has 11 heterocycles. The highest BCUT2D eigenvalue weighted by Crippen LogP contribution is 2.35. The lowest BCUT2D eigenvalue weighted by Gasteiger charge is -2.28. The van der Waals surface area contributed by atoms with Crippen LogP contribution in [0.25, 0.3) is 11.5 Å². The first-order valence-corrected chi connectivity index (χ1v) is 28.3. The van der Waals surface area contributed by atoms with Crippen molar-refractivity contribution < 1.29 is 60.8 Å². The summed E-state index contributed by atoms with van der Waals surface area (Å²) in [5.74, 6) is 1.09. The van der Waals surface area contributed by atoms with Crippen molar-refractivity contribution in [2.75, 3.05) is 59.9 Å². The quantitative estimate of drug-likeness (QED) is 0.0274. The number of hydrogen-bond acceptors (Lipinski definition) is 27. The van der Waals surface area contributed by atoms with Crippen molar-refractivity contribution in [2.24, 2.45) is 0 Å². The number of oxazole rings is 1. The zero-order valence-electron chi connectivity index (χ0n) is 49.0. The lowest BCUT2D eigenvalue weighted by molar-refractivity contribution is -0.385. The minimum atomic E-state index is -4.86. The van der Waals surface area contributed by atoms with Gasteiger partial charge in [0.2, 0.25) is 34.9 Å². The van der Waals surface area contributed by atoms with Crippen LogP contribution in [-0.4, -0.2) is 142 Å². The minimum absolute atomic E-state index is 0.0515. The fraction of sp³-hybridized carbons (Fsp3) is 0.304. The molecular formula is C56H54ClF3N20O12. The van der Waals surface area contributed by atoms with Gasteiger partial charge in [0, 0.05) is 69.6 Å². The Labute approximate surface area is 523 Å². The average molecular weight is 1290 g/mol. The van der Waals surface area contributed by atoms with Crippen LogP contribution in [0.3, 0.4) is 0 Å². The molecule has 0 saturated carbocycles. The van der Waals surface area contributed by atoms with Gasteiger partial charge in [-0.2, -0.15) is 13.2 Å². The van der Waals surface area contributed by atoms with Gasteiger partial charge in [-0.25, -0.2) is 39.3 Å². The maximum Gasteiger partial charge on any atom is 0.437 e. The number of pyridine rings is 4. The zero-order chi connectivity index (χ0) is 65.6. The lowest BCUT2D eigenvalue weighted by atomic mass is 10.1. The van der Waals surface area contributed by atoms with Crippen molar-refractivity contribution in [3.8, 4) is 11.5 Å². The molecule has 0 spiro atoms. The number of halogens is 4. The number of carbonyl (C=O) groups excluding carboxylic acids is 4. The number of benzene rings is 1. The molecule has 0 amide bonds. The Hall–Kier alpha value is -11.4. The number of esters is 3. The number of hydrogen-bond donors (Lipinski definition) is 1. The number of alkyl halides is 3. The molecule has 0 saturated heterocycles. The van der Waals surface area contributed by atoms with Gasteiger partial charge in [0.05, 0.1) is 61.2 Å². The molecule has 2 N–H and O–H groups in total. The predicted octanol–water partition coefficient (Wildman–Crippen LogP) is 6.84. The average Bonchev–Trinajstić information content (AvgIpc) is 1.99. The summed E-state index contributed by atoms with van der Waals surface area (Å²) in [4.78, 5) is 93.9. The van der Waals surface area contributed by atoms with E-state index in [0.29, 0.717) is 106 Å². The fourth-order valence-electron chi connectivity index (χ4n) is 9.21. The number of ketones is 1. The Morgan fingerprint density at radius 2 is 1.01 bits per heavy atom. The number of fused-ring (bicyclic) bond motifs is 3. The fourth-order valence-corrected chi connectivity index (χ4v) is 9.32. The lowest BCUT2D eigenvalue weighted by Crippen LogP contribution is -2.35. The summed E-state index contributed by atoms with van der Waals surface area (Å²) in [5, 5.41) is 44.8. The first kappa shape index (κ1) is 65.1. The van der Waals surface area contributed by atoms with Gasteiger partial charge in [0.25, 0.3) is 11.4 Å². The second kappa shape index (κ2) is 29.3. The van der Waals surface area contributed by atoms with Crippen LogP contribution in [0.15, 0.2) is 108 Å². The normalized spacial score (nSPS) is 13.1. The SMILES string of the molecule is CCOC(=O)c1nnc2n1CCN(c1ccc(CC(=O)c3oc(-c4ccccc4)nc3C(F)(F)F)cn1)C2.CCOC(=O)c1nnc2n1CCN(c1ccc(N)cn1)C2.CCOC(=O)c1nnc2n1CCN(c1ccc([N+](=O)[O-])cn1)C2.O=[N+]([O-])c1ccc(Cl)nc1. The highest BCUT2D eigenvalue weighted by Gasteiger charge is 2.41. The number of nitrogens with two attached hydrogens (primary N) is 1. The van der Waals surface area contributed by atoms with Crippen LogP contribution >= 0.6 is 11.6 Å². The summed E-state index contributed by atoms with van der Waals surface area (Å²) >= 11 is 5.38. The van der Waals surface area contributed by atoms with Gasteiger partial charge >= 0.3 is 24.1 Å². The molecule has 478 valence electrons. The van der Waals surface area contributed by atoms with Crippen molar-refractivity contribution in [3.63, 3.8) is 0 Å². The van der Waals surface area contributed by atoms with E-state index in [1.54, 1.807) is 89.2 Å². The molecule has 0 radical (unpaired) electrons. The maximum atomic E-state index is 13.6. The molecule has 3 aliphatic rings. The number of Topliss-reactive ketones (excluding diaryl/α,β-unsaturated/α-hetero) is 1. The molecule has 0 aliphatic carbocycles. The first-order valence-electron chi connectivity index (χ1n) is 27.9. The third-order valence-corrected chi connectivity index (χ3v) is 13.8.